The molecule has 1 aliphatic rings. The van der Waals surface area contributed by atoms with Gasteiger partial charge in [-0.25, -0.2) is 4.98 Å². The van der Waals surface area contributed by atoms with Gasteiger partial charge in [-0.15, -0.1) is 0 Å². The summed E-state index contributed by atoms with van der Waals surface area (Å²) in [6.45, 7) is 1.03. The van der Waals surface area contributed by atoms with Gasteiger partial charge < -0.3 is 19.2 Å². The zero-order valence-corrected chi connectivity index (χ0v) is 15.5. The summed E-state index contributed by atoms with van der Waals surface area (Å²) in [7, 11) is 0. The van der Waals surface area contributed by atoms with Crippen LogP contribution in [-0.4, -0.2) is 15.5 Å². The Labute approximate surface area is 167 Å². The van der Waals surface area contributed by atoms with Gasteiger partial charge in [-0.1, -0.05) is 42.5 Å². The molecule has 2 heterocycles. The van der Waals surface area contributed by atoms with Crippen molar-refractivity contribution in [2.75, 3.05) is 0 Å². The molecule has 0 radical (unpaired) electrons. The minimum absolute atomic E-state index is 0.130. The zero-order valence-electron chi connectivity index (χ0n) is 15.5. The van der Waals surface area contributed by atoms with Crippen LogP contribution in [0.1, 0.15) is 27.0 Å². The van der Waals surface area contributed by atoms with Gasteiger partial charge in [-0.2, -0.15) is 0 Å². The number of nitrogens with zero attached hydrogens (tertiary/aromatic N) is 2. The molecule has 4 aromatic rings. The number of hydrogen-bond acceptors (Lipinski definition) is 4. The summed E-state index contributed by atoms with van der Waals surface area (Å²) in [5.74, 6) is -0.543. The Hall–Kier alpha value is -3.86. The molecule has 5 rings (SSSR count). The van der Waals surface area contributed by atoms with Gasteiger partial charge >= 0.3 is 0 Å². The van der Waals surface area contributed by atoms with Crippen LogP contribution in [-0.2, 0) is 13.2 Å². The number of carbonyl (C=O) groups excluding carboxylic acids is 1. The third kappa shape index (κ3) is 3.06. The molecular weight excluding hydrogens is 364 g/mol. The van der Waals surface area contributed by atoms with E-state index in [2.05, 4.69) is 15.6 Å². The van der Waals surface area contributed by atoms with Gasteiger partial charge in [0.25, 0.3) is 0 Å². The number of para-hydroxylation sites is 2. The first-order valence-corrected chi connectivity index (χ1v) is 9.37. The Kier molecular flexibility index (Phi) is 4.13. The summed E-state index contributed by atoms with van der Waals surface area (Å²) >= 11 is 0. The highest BCUT2D eigenvalue weighted by molar-refractivity contribution is 5.91. The molecule has 142 valence electrons. The molecule has 0 amide bonds. The van der Waals surface area contributed by atoms with Crippen molar-refractivity contribution in [2.24, 2.45) is 0 Å². The fourth-order valence-electron chi connectivity index (χ4n) is 3.77. The zero-order chi connectivity index (χ0) is 19.8. The minimum atomic E-state index is -1.20. The summed E-state index contributed by atoms with van der Waals surface area (Å²) in [5.41, 5.74) is 5.90. The number of carbonyl (C=O) groups is 1. The number of ether oxygens (including phenoxy) is 1. The van der Waals surface area contributed by atoms with Crippen molar-refractivity contribution < 1.29 is 14.6 Å². The summed E-state index contributed by atoms with van der Waals surface area (Å²) in [6.07, 6.45) is 3.92. The lowest BCUT2D eigenvalue weighted by atomic mass is 9.93. The lowest BCUT2D eigenvalue weighted by Gasteiger charge is -2.13. The van der Waals surface area contributed by atoms with Crippen LogP contribution in [0.4, 0.5) is 0 Å². The van der Waals surface area contributed by atoms with Crippen molar-refractivity contribution in [1.29, 1.82) is 0 Å². The lowest BCUT2D eigenvalue weighted by Crippen LogP contribution is -2.22. The number of fused-ring (bicyclic) bond motifs is 3. The first kappa shape index (κ1) is 17.3. The van der Waals surface area contributed by atoms with Crippen LogP contribution >= 0.6 is 0 Å². The Morgan fingerprint density at radius 1 is 1.07 bits per heavy atom. The number of carboxylic acids is 1. The number of imidazole rings is 1. The van der Waals surface area contributed by atoms with Gasteiger partial charge in [0.2, 0.25) is 0 Å². The average Bonchev–Trinajstić information content (AvgIpc) is 3.09. The van der Waals surface area contributed by atoms with Crippen molar-refractivity contribution in [2.45, 2.75) is 13.2 Å². The van der Waals surface area contributed by atoms with Crippen molar-refractivity contribution in [3.05, 3.63) is 101 Å². The van der Waals surface area contributed by atoms with E-state index in [1.807, 2.05) is 54.9 Å². The molecule has 0 N–H and O–H groups in total. The quantitative estimate of drug-likeness (QED) is 0.545. The van der Waals surface area contributed by atoms with Crippen LogP contribution in [0, 0.1) is 0 Å². The number of aromatic carboxylic acids is 1. The fourth-order valence-corrected chi connectivity index (χ4v) is 3.77. The van der Waals surface area contributed by atoms with Crippen LogP contribution in [0.15, 0.2) is 79.1 Å². The number of aromatic nitrogens is 2. The largest absolute Gasteiger partial charge is 0.545 e. The van der Waals surface area contributed by atoms with Gasteiger partial charge in [0, 0.05) is 12.1 Å². The first-order valence-electron chi connectivity index (χ1n) is 9.37. The molecular formula is C24H17N2O3-. The number of carboxylic acid groups (broad SMARTS) is 1. The second-order valence-electron chi connectivity index (χ2n) is 6.95. The number of rotatable bonds is 3. The molecule has 0 unspecified atom stereocenters. The van der Waals surface area contributed by atoms with E-state index in [1.165, 1.54) is 6.07 Å². The molecule has 0 saturated heterocycles. The minimum Gasteiger partial charge on any atom is -0.545 e. The topological polar surface area (TPSA) is 67.2 Å². The molecule has 5 nitrogen and oxygen atoms in total. The van der Waals surface area contributed by atoms with Crippen molar-refractivity contribution >= 4 is 22.6 Å². The molecule has 0 saturated carbocycles. The molecule has 0 bridgehead atoms. The average molecular weight is 381 g/mol. The van der Waals surface area contributed by atoms with E-state index in [4.69, 9.17) is 4.74 Å². The standard InChI is InChI=1S/C24H18N2O3/c27-24(28)16-9-10-23-20(13-16)19(18-6-2-1-5-17(18)14-29-23)11-12-26-15-25-21-7-3-4-8-22(21)26/h1-11,13,15H,12,14H2,(H,27,28)/p-1/b19-11+. The van der Waals surface area contributed by atoms with Gasteiger partial charge in [-0.3, -0.25) is 0 Å². The molecule has 0 spiro atoms. The maximum Gasteiger partial charge on any atom is 0.127 e. The van der Waals surface area contributed by atoms with E-state index >= 15 is 0 Å². The highest BCUT2D eigenvalue weighted by atomic mass is 16.5. The fraction of sp³-hybridized carbons (Fsp3) is 0.0833. The smallest absolute Gasteiger partial charge is 0.127 e. The highest BCUT2D eigenvalue weighted by Crippen LogP contribution is 2.37. The predicted molar refractivity (Wildman–Crippen MR) is 108 cm³/mol. The van der Waals surface area contributed by atoms with Crippen LogP contribution < -0.4 is 9.84 Å². The summed E-state index contributed by atoms with van der Waals surface area (Å²) in [6, 6.07) is 20.8. The molecule has 5 heteroatoms. The van der Waals surface area contributed by atoms with Gasteiger partial charge in [0.15, 0.2) is 0 Å². The number of hydrogen-bond donors (Lipinski definition) is 0. The molecule has 0 atom stereocenters. The lowest BCUT2D eigenvalue weighted by molar-refractivity contribution is -0.255. The SMILES string of the molecule is O=C([O-])c1ccc2c(c1)/C(=C/Cn1cnc3ccccc31)c1ccccc1CO2. The Morgan fingerprint density at radius 2 is 1.90 bits per heavy atom. The summed E-state index contributed by atoms with van der Waals surface area (Å²) in [5, 5.41) is 11.4. The van der Waals surface area contributed by atoms with Gasteiger partial charge in [0.1, 0.15) is 12.4 Å². The second-order valence-corrected chi connectivity index (χ2v) is 6.95. The molecule has 0 fully saturated rings. The monoisotopic (exact) mass is 381 g/mol. The van der Waals surface area contributed by atoms with Crippen LogP contribution in [0.25, 0.3) is 16.6 Å². The molecule has 29 heavy (non-hydrogen) atoms. The normalized spacial score (nSPS) is 14.1. The second kappa shape index (κ2) is 6.95. The van der Waals surface area contributed by atoms with E-state index in [0.717, 1.165) is 33.3 Å². The van der Waals surface area contributed by atoms with Crippen molar-refractivity contribution in [3.8, 4) is 5.75 Å². The van der Waals surface area contributed by atoms with E-state index in [9.17, 15) is 9.90 Å². The van der Waals surface area contributed by atoms with E-state index in [1.54, 1.807) is 12.1 Å². The molecule has 1 aromatic heterocycles. The first-order chi connectivity index (χ1) is 14.2. The Morgan fingerprint density at radius 3 is 2.79 bits per heavy atom. The van der Waals surface area contributed by atoms with Crippen LogP contribution in [0.5, 0.6) is 5.75 Å². The molecule has 3 aromatic carbocycles. The predicted octanol–water partition coefficient (Wildman–Crippen LogP) is 3.42. The van der Waals surface area contributed by atoms with Gasteiger partial charge in [-0.05, 0) is 52.6 Å². The maximum atomic E-state index is 11.4. The van der Waals surface area contributed by atoms with E-state index in [-0.39, 0.29) is 5.56 Å². The molecule has 1 aliphatic heterocycles. The van der Waals surface area contributed by atoms with E-state index < -0.39 is 5.97 Å². The van der Waals surface area contributed by atoms with E-state index in [0.29, 0.717) is 18.9 Å². The third-order valence-corrected chi connectivity index (χ3v) is 5.22. The van der Waals surface area contributed by atoms with Crippen molar-refractivity contribution in [3.63, 3.8) is 0 Å². The Balaban J connectivity index is 1.66. The highest BCUT2D eigenvalue weighted by Gasteiger charge is 2.19. The van der Waals surface area contributed by atoms with Crippen LogP contribution in [0.2, 0.25) is 0 Å². The summed E-state index contributed by atoms with van der Waals surface area (Å²) < 4.78 is 8.04. The summed E-state index contributed by atoms with van der Waals surface area (Å²) in [4.78, 5) is 15.9. The number of benzene rings is 3. The van der Waals surface area contributed by atoms with Crippen molar-refractivity contribution in [1.82, 2.24) is 9.55 Å². The number of allylic oxidation sites excluding steroid dienone is 1. The maximum absolute atomic E-state index is 11.4. The van der Waals surface area contributed by atoms with Gasteiger partial charge in [0.05, 0.1) is 23.3 Å². The molecule has 0 aliphatic carbocycles. The van der Waals surface area contributed by atoms with Crippen LogP contribution in [0.3, 0.4) is 0 Å². The third-order valence-electron chi connectivity index (χ3n) is 5.22. The Bertz CT molecular complexity index is 1270.